The van der Waals surface area contributed by atoms with Gasteiger partial charge >= 0.3 is 0 Å². The van der Waals surface area contributed by atoms with E-state index in [2.05, 4.69) is 45.3 Å². The molecule has 2 rings (SSSR count). The molecule has 0 spiro atoms. The van der Waals surface area contributed by atoms with Gasteiger partial charge in [-0.3, -0.25) is 0 Å². The van der Waals surface area contributed by atoms with Crippen LogP contribution < -0.4 is 24.0 Å². The Morgan fingerprint density at radius 1 is 1.00 bits per heavy atom. The average Bonchev–Trinajstić information content (AvgIpc) is 2.50. The predicted molar refractivity (Wildman–Crippen MR) is 90.3 cm³/mol. The van der Waals surface area contributed by atoms with E-state index >= 15 is 0 Å². The first-order chi connectivity index (χ1) is 10.0. The summed E-state index contributed by atoms with van der Waals surface area (Å²) in [6.45, 7) is 4.41. The van der Waals surface area contributed by atoms with Crippen LogP contribution in [0.25, 0.3) is 10.8 Å². The maximum absolute atomic E-state index is 10.6. The normalized spacial score (nSPS) is 12.9. The Kier molecular flexibility index (Phi) is 7.80. The van der Waals surface area contributed by atoms with E-state index in [1.807, 2.05) is 18.2 Å². The van der Waals surface area contributed by atoms with Crippen LogP contribution in [0.15, 0.2) is 42.5 Å². The second kappa shape index (κ2) is 8.85. The van der Waals surface area contributed by atoms with Crippen LogP contribution in [0, 0.1) is 0 Å². The maximum Gasteiger partial charge on any atom is 0.0849 e. The Labute approximate surface area is 151 Å². The molecule has 3 heteroatoms. The number of aliphatic hydroxyl groups excluding tert-OH is 1. The zero-order valence-corrected chi connectivity index (χ0v) is 16.1. The molecule has 0 fully saturated rings. The summed E-state index contributed by atoms with van der Waals surface area (Å²) in [5, 5.41) is 13.0. The summed E-state index contributed by atoms with van der Waals surface area (Å²) in [6.07, 6.45) is 2.91. The number of aliphatic hydroxyl groups is 1. The Morgan fingerprint density at radius 2 is 1.68 bits per heavy atom. The van der Waals surface area contributed by atoms with Gasteiger partial charge in [0, 0.05) is 6.42 Å². The summed E-state index contributed by atoms with van der Waals surface area (Å²) in [7, 11) is 4.51. The van der Waals surface area contributed by atoms with Gasteiger partial charge in [-0.25, -0.2) is 0 Å². The molecule has 2 aromatic carbocycles. The van der Waals surface area contributed by atoms with Gasteiger partial charge in [-0.2, -0.15) is 0 Å². The lowest BCUT2D eigenvalue weighted by Gasteiger charge is -2.30. The minimum absolute atomic E-state index is 0. The molecule has 122 valence electrons. The Hall–Kier alpha value is -0.650. The topological polar surface area (TPSA) is 20.2 Å². The van der Waals surface area contributed by atoms with Gasteiger partial charge in [-0.1, -0.05) is 55.8 Å². The third kappa shape index (κ3) is 5.21. The van der Waals surface area contributed by atoms with Crippen LogP contribution in [0.1, 0.15) is 37.9 Å². The van der Waals surface area contributed by atoms with Crippen LogP contribution in [0.5, 0.6) is 0 Å². The van der Waals surface area contributed by atoms with Crippen LogP contribution in [-0.4, -0.2) is 36.8 Å². The van der Waals surface area contributed by atoms with Gasteiger partial charge in [-0.05, 0) is 22.8 Å². The van der Waals surface area contributed by atoms with Crippen molar-refractivity contribution < 1.29 is 33.6 Å². The highest BCUT2D eigenvalue weighted by atomic mass is 127. The van der Waals surface area contributed by atoms with Crippen molar-refractivity contribution in [3.05, 3.63) is 48.0 Å². The van der Waals surface area contributed by atoms with Crippen molar-refractivity contribution >= 4 is 10.8 Å². The number of hydrogen-bond donors (Lipinski definition) is 1. The molecule has 0 aromatic heterocycles. The van der Waals surface area contributed by atoms with Crippen LogP contribution in [-0.2, 0) is 0 Å². The molecular weight excluding hydrogens is 385 g/mol. The van der Waals surface area contributed by atoms with E-state index in [9.17, 15) is 5.11 Å². The monoisotopic (exact) mass is 413 g/mol. The van der Waals surface area contributed by atoms with Crippen molar-refractivity contribution in [2.75, 3.05) is 27.2 Å². The molecule has 22 heavy (non-hydrogen) atoms. The minimum Gasteiger partial charge on any atom is -1.00 e. The van der Waals surface area contributed by atoms with Crippen LogP contribution in [0.4, 0.5) is 0 Å². The Bertz CT molecular complexity index is 577. The highest BCUT2D eigenvalue weighted by Crippen LogP contribution is 2.26. The highest BCUT2D eigenvalue weighted by molar-refractivity contribution is 5.85. The largest absolute Gasteiger partial charge is 1.00 e. The fourth-order valence-corrected chi connectivity index (χ4v) is 2.87. The molecule has 2 nitrogen and oxygen atoms in total. The molecule has 1 N–H and O–H groups in total. The first-order valence-corrected chi connectivity index (χ1v) is 8.01. The quantitative estimate of drug-likeness (QED) is 0.534. The van der Waals surface area contributed by atoms with E-state index in [4.69, 9.17) is 0 Å². The molecular formula is C19H28INO. The summed E-state index contributed by atoms with van der Waals surface area (Å²) in [5.74, 6) is 0. The summed E-state index contributed by atoms with van der Waals surface area (Å²) in [5.41, 5.74) is 1.06. The number of hydrogen-bond acceptors (Lipinski definition) is 1. The Morgan fingerprint density at radius 3 is 2.41 bits per heavy atom. The minimum atomic E-state index is -0.380. The van der Waals surface area contributed by atoms with Gasteiger partial charge in [0.1, 0.15) is 0 Å². The van der Waals surface area contributed by atoms with Gasteiger partial charge in [0.15, 0.2) is 0 Å². The van der Waals surface area contributed by atoms with E-state index in [0.29, 0.717) is 0 Å². The lowest BCUT2D eigenvalue weighted by atomic mass is 9.98. The predicted octanol–water partition coefficient (Wildman–Crippen LogP) is 1.14. The van der Waals surface area contributed by atoms with Gasteiger partial charge in [-0.15, -0.1) is 0 Å². The molecule has 0 aliphatic rings. The number of nitrogens with zero attached hydrogens (tertiary/aromatic N) is 1. The summed E-state index contributed by atoms with van der Waals surface area (Å²) in [4.78, 5) is 0. The van der Waals surface area contributed by atoms with Crippen molar-refractivity contribution in [3.63, 3.8) is 0 Å². The third-order valence-electron chi connectivity index (χ3n) is 4.31. The first kappa shape index (κ1) is 19.4. The van der Waals surface area contributed by atoms with Crippen molar-refractivity contribution in [1.29, 1.82) is 0 Å². The number of rotatable bonds is 7. The summed E-state index contributed by atoms with van der Waals surface area (Å²) in [6, 6.07) is 14.5. The zero-order valence-electron chi connectivity index (χ0n) is 13.9. The molecule has 0 amide bonds. The standard InChI is InChI=1S/C19H28NO.HI/c1-4-5-14-20(2,3)15-13-19(21)18-12-8-10-16-9-6-7-11-17(16)18;/h6-12,19,21H,4-5,13-15H2,1-3H3;1H/q+1;/p-1. The van der Waals surface area contributed by atoms with Gasteiger partial charge < -0.3 is 33.6 Å². The number of unbranched alkanes of at least 4 members (excludes halogenated alkanes) is 1. The molecule has 2 aromatic rings. The summed E-state index contributed by atoms with van der Waals surface area (Å²) >= 11 is 0. The van der Waals surface area contributed by atoms with E-state index in [-0.39, 0.29) is 30.1 Å². The van der Waals surface area contributed by atoms with Crippen molar-refractivity contribution in [2.24, 2.45) is 0 Å². The molecule has 0 aliphatic heterocycles. The zero-order chi connectivity index (χ0) is 15.3. The molecule has 0 heterocycles. The van der Waals surface area contributed by atoms with Crippen molar-refractivity contribution in [1.82, 2.24) is 0 Å². The third-order valence-corrected chi connectivity index (χ3v) is 4.31. The smallest absolute Gasteiger partial charge is 0.0849 e. The van der Waals surface area contributed by atoms with E-state index in [1.165, 1.54) is 30.2 Å². The molecule has 0 aliphatic carbocycles. The SMILES string of the molecule is CCCC[N+](C)(C)CCC(O)c1cccc2ccccc12.[I-]. The number of halogens is 1. The van der Waals surface area contributed by atoms with Crippen LogP contribution >= 0.6 is 0 Å². The van der Waals surface area contributed by atoms with E-state index < -0.39 is 0 Å². The van der Waals surface area contributed by atoms with Crippen LogP contribution in [0.2, 0.25) is 0 Å². The fourth-order valence-electron chi connectivity index (χ4n) is 2.87. The molecule has 1 atom stereocenters. The van der Waals surface area contributed by atoms with Gasteiger partial charge in [0.25, 0.3) is 0 Å². The Balaban J connectivity index is 0.00000242. The van der Waals surface area contributed by atoms with E-state index in [1.54, 1.807) is 0 Å². The summed E-state index contributed by atoms with van der Waals surface area (Å²) < 4.78 is 0.982. The lowest BCUT2D eigenvalue weighted by molar-refractivity contribution is -0.891. The van der Waals surface area contributed by atoms with Crippen molar-refractivity contribution in [2.45, 2.75) is 32.3 Å². The molecule has 1 unspecified atom stereocenters. The second-order valence-electron chi connectivity index (χ2n) is 6.61. The highest BCUT2D eigenvalue weighted by Gasteiger charge is 2.18. The van der Waals surface area contributed by atoms with Crippen molar-refractivity contribution in [3.8, 4) is 0 Å². The molecule has 0 saturated heterocycles. The lowest BCUT2D eigenvalue weighted by Crippen LogP contribution is -3.00. The van der Waals surface area contributed by atoms with Crippen LogP contribution in [0.3, 0.4) is 0 Å². The second-order valence-corrected chi connectivity index (χ2v) is 6.61. The molecule has 0 saturated carbocycles. The number of quaternary nitrogens is 1. The maximum atomic E-state index is 10.6. The fraction of sp³-hybridized carbons (Fsp3) is 0.474. The van der Waals surface area contributed by atoms with Gasteiger partial charge in [0.05, 0.1) is 33.3 Å². The van der Waals surface area contributed by atoms with Gasteiger partial charge in [0.2, 0.25) is 0 Å². The van der Waals surface area contributed by atoms with E-state index in [0.717, 1.165) is 23.0 Å². The molecule has 0 radical (unpaired) electrons. The average molecular weight is 413 g/mol. The number of benzene rings is 2. The molecule has 0 bridgehead atoms. The number of fused-ring (bicyclic) bond motifs is 1. The first-order valence-electron chi connectivity index (χ1n) is 8.01.